The lowest BCUT2D eigenvalue weighted by atomic mass is 10.5. The second-order valence-electron chi connectivity index (χ2n) is 3.82. The number of nitrogens with one attached hydrogen (secondary N) is 1. The van der Waals surface area contributed by atoms with Crippen LogP contribution >= 0.6 is 11.3 Å². The fourth-order valence-corrected chi connectivity index (χ4v) is 2.07. The Morgan fingerprint density at radius 3 is 3.06 bits per heavy atom. The lowest BCUT2D eigenvalue weighted by Crippen LogP contribution is -2.27. The highest BCUT2D eigenvalue weighted by atomic mass is 32.1. The molecule has 0 aromatic carbocycles. The van der Waals surface area contributed by atoms with Gasteiger partial charge in [0.1, 0.15) is 0 Å². The van der Waals surface area contributed by atoms with E-state index in [2.05, 4.69) is 20.4 Å². The minimum Gasteiger partial charge on any atom is -0.419 e. The van der Waals surface area contributed by atoms with Gasteiger partial charge in [0.15, 0.2) is 0 Å². The van der Waals surface area contributed by atoms with Gasteiger partial charge in [-0.05, 0) is 25.5 Å². The van der Waals surface area contributed by atoms with E-state index >= 15 is 0 Å². The minimum absolute atomic E-state index is 0.608. The molecule has 0 bridgehead atoms. The summed E-state index contributed by atoms with van der Waals surface area (Å²) in [6, 6.07) is 3.95. The molecule has 0 aliphatic heterocycles. The van der Waals surface area contributed by atoms with Crippen LogP contribution in [0.25, 0.3) is 10.8 Å². The van der Waals surface area contributed by atoms with Crippen molar-refractivity contribution < 1.29 is 4.42 Å². The van der Waals surface area contributed by atoms with Gasteiger partial charge in [0.05, 0.1) is 11.4 Å². The summed E-state index contributed by atoms with van der Waals surface area (Å²) >= 11 is 1.60. The van der Waals surface area contributed by atoms with Crippen LogP contribution in [-0.2, 0) is 6.54 Å². The molecule has 1 N–H and O–H groups in total. The van der Waals surface area contributed by atoms with Gasteiger partial charge in [-0.15, -0.1) is 21.5 Å². The average Bonchev–Trinajstić information content (AvgIpc) is 2.95. The van der Waals surface area contributed by atoms with Crippen LogP contribution in [-0.4, -0.2) is 42.3 Å². The van der Waals surface area contributed by atoms with Crippen LogP contribution in [0.1, 0.15) is 5.89 Å². The quantitative estimate of drug-likeness (QED) is 0.843. The SMILES string of the molecule is CNCCN(C)Cc1nnc(-c2cccs2)o1. The van der Waals surface area contributed by atoms with Crippen molar-refractivity contribution in [2.75, 3.05) is 27.2 Å². The molecule has 0 unspecified atom stereocenters. The van der Waals surface area contributed by atoms with Gasteiger partial charge >= 0.3 is 0 Å². The van der Waals surface area contributed by atoms with E-state index in [1.54, 1.807) is 11.3 Å². The summed E-state index contributed by atoms with van der Waals surface area (Å²) in [7, 11) is 3.97. The summed E-state index contributed by atoms with van der Waals surface area (Å²) < 4.78 is 5.60. The van der Waals surface area contributed by atoms with Gasteiger partial charge in [-0.2, -0.15) is 0 Å². The van der Waals surface area contributed by atoms with Crippen LogP contribution < -0.4 is 5.32 Å². The van der Waals surface area contributed by atoms with E-state index in [0.717, 1.165) is 18.0 Å². The van der Waals surface area contributed by atoms with Crippen LogP contribution in [0.15, 0.2) is 21.9 Å². The summed E-state index contributed by atoms with van der Waals surface area (Å²) in [6.45, 7) is 2.58. The third-order valence-electron chi connectivity index (χ3n) is 2.35. The largest absolute Gasteiger partial charge is 0.419 e. The first-order valence-corrected chi connectivity index (χ1v) is 6.37. The zero-order valence-corrected chi connectivity index (χ0v) is 10.8. The first-order chi connectivity index (χ1) is 8.29. The normalized spacial score (nSPS) is 11.2. The Bertz CT molecular complexity index is 440. The molecule has 0 fully saturated rings. The van der Waals surface area contributed by atoms with Crippen molar-refractivity contribution in [3.63, 3.8) is 0 Å². The third kappa shape index (κ3) is 3.36. The Morgan fingerprint density at radius 1 is 1.47 bits per heavy atom. The summed E-state index contributed by atoms with van der Waals surface area (Å²) in [5.74, 6) is 1.27. The maximum absolute atomic E-state index is 5.60. The molecule has 0 aliphatic carbocycles. The molecule has 0 aliphatic rings. The molecule has 2 aromatic rings. The van der Waals surface area contributed by atoms with Gasteiger partial charge in [0, 0.05) is 13.1 Å². The van der Waals surface area contributed by atoms with Gasteiger partial charge in [0.25, 0.3) is 5.89 Å². The molecular formula is C11H16N4OS. The molecule has 92 valence electrons. The molecule has 17 heavy (non-hydrogen) atoms. The van der Waals surface area contributed by atoms with Crippen LogP contribution in [0.2, 0.25) is 0 Å². The van der Waals surface area contributed by atoms with Crippen molar-refractivity contribution in [3.05, 3.63) is 23.4 Å². The molecule has 0 saturated carbocycles. The number of thiophene rings is 1. The highest BCUT2D eigenvalue weighted by Gasteiger charge is 2.10. The Hall–Kier alpha value is -1.24. The second kappa shape index (κ2) is 5.90. The van der Waals surface area contributed by atoms with Crippen LogP contribution in [0.4, 0.5) is 0 Å². The van der Waals surface area contributed by atoms with Gasteiger partial charge in [-0.25, -0.2) is 0 Å². The van der Waals surface area contributed by atoms with E-state index in [9.17, 15) is 0 Å². The predicted molar refractivity (Wildman–Crippen MR) is 67.9 cm³/mol. The van der Waals surface area contributed by atoms with Gasteiger partial charge in [-0.3, -0.25) is 4.90 Å². The first-order valence-electron chi connectivity index (χ1n) is 5.49. The van der Waals surface area contributed by atoms with Crippen LogP contribution in [0.5, 0.6) is 0 Å². The topological polar surface area (TPSA) is 54.2 Å². The predicted octanol–water partition coefficient (Wildman–Crippen LogP) is 1.45. The average molecular weight is 252 g/mol. The molecule has 0 radical (unpaired) electrons. The molecular weight excluding hydrogens is 236 g/mol. The Labute approximate surface area is 104 Å². The number of hydrogen-bond acceptors (Lipinski definition) is 6. The number of aromatic nitrogens is 2. The van der Waals surface area contributed by atoms with Gasteiger partial charge in [0.2, 0.25) is 5.89 Å². The number of rotatable bonds is 6. The van der Waals surface area contributed by atoms with Crippen LogP contribution in [0, 0.1) is 0 Å². The van der Waals surface area contributed by atoms with Crippen molar-refractivity contribution in [2.24, 2.45) is 0 Å². The molecule has 0 saturated heterocycles. The van der Waals surface area contributed by atoms with E-state index < -0.39 is 0 Å². The Balaban J connectivity index is 1.94. The van der Waals surface area contributed by atoms with Crippen molar-refractivity contribution in [2.45, 2.75) is 6.54 Å². The van der Waals surface area contributed by atoms with E-state index in [1.165, 1.54) is 0 Å². The van der Waals surface area contributed by atoms with Crippen molar-refractivity contribution in [3.8, 4) is 10.8 Å². The highest BCUT2D eigenvalue weighted by molar-refractivity contribution is 7.13. The van der Waals surface area contributed by atoms with Crippen molar-refractivity contribution >= 4 is 11.3 Å². The molecule has 2 aromatic heterocycles. The Kier molecular flexibility index (Phi) is 4.24. The molecule has 2 heterocycles. The second-order valence-corrected chi connectivity index (χ2v) is 4.77. The molecule has 6 heteroatoms. The molecule has 0 atom stereocenters. The van der Waals surface area contributed by atoms with E-state index in [4.69, 9.17) is 4.42 Å². The maximum atomic E-state index is 5.60. The van der Waals surface area contributed by atoms with Crippen molar-refractivity contribution in [1.82, 2.24) is 20.4 Å². The molecule has 0 spiro atoms. The fraction of sp³-hybridized carbons (Fsp3) is 0.455. The number of hydrogen-bond donors (Lipinski definition) is 1. The third-order valence-corrected chi connectivity index (χ3v) is 3.21. The van der Waals surface area contributed by atoms with E-state index in [0.29, 0.717) is 18.3 Å². The lowest BCUT2D eigenvalue weighted by molar-refractivity contribution is 0.291. The fourth-order valence-electron chi connectivity index (χ4n) is 1.43. The van der Waals surface area contributed by atoms with E-state index in [-0.39, 0.29) is 0 Å². The molecule has 0 amide bonds. The van der Waals surface area contributed by atoms with Gasteiger partial charge in [-0.1, -0.05) is 6.07 Å². The van der Waals surface area contributed by atoms with Crippen molar-refractivity contribution in [1.29, 1.82) is 0 Å². The number of nitrogens with zero attached hydrogens (tertiary/aromatic N) is 3. The monoisotopic (exact) mass is 252 g/mol. The zero-order chi connectivity index (χ0) is 12.1. The molecule has 5 nitrogen and oxygen atoms in total. The summed E-state index contributed by atoms with van der Waals surface area (Å²) in [4.78, 5) is 3.16. The number of likely N-dealkylation sites (N-methyl/N-ethyl adjacent to an activating group) is 2. The zero-order valence-electron chi connectivity index (χ0n) is 10.0. The lowest BCUT2D eigenvalue weighted by Gasteiger charge is -2.12. The highest BCUT2D eigenvalue weighted by Crippen LogP contribution is 2.23. The molecule has 2 rings (SSSR count). The first kappa shape index (κ1) is 12.2. The summed E-state index contributed by atoms with van der Waals surface area (Å²) in [5, 5.41) is 13.2. The smallest absolute Gasteiger partial charge is 0.257 e. The maximum Gasteiger partial charge on any atom is 0.257 e. The Morgan fingerprint density at radius 2 is 2.35 bits per heavy atom. The van der Waals surface area contributed by atoms with Crippen LogP contribution in [0.3, 0.4) is 0 Å². The summed E-state index contributed by atoms with van der Waals surface area (Å²) in [6.07, 6.45) is 0. The standard InChI is InChI=1S/C11H16N4OS/c1-12-5-6-15(2)8-10-13-14-11(16-10)9-4-3-7-17-9/h3-4,7,12H,5-6,8H2,1-2H3. The van der Waals surface area contributed by atoms with Gasteiger partial charge < -0.3 is 9.73 Å². The minimum atomic E-state index is 0.608. The summed E-state index contributed by atoms with van der Waals surface area (Å²) in [5.41, 5.74) is 0. The van der Waals surface area contributed by atoms with E-state index in [1.807, 2.05) is 31.6 Å².